The molecule has 3 fully saturated rings. The number of nitrogens with zero attached hydrogens (tertiary/aromatic N) is 5. The maximum Gasteiger partial charge on any atom is 0.126 e. The van der Waals surface area contributed by atoms with Crippen LogP contribution in [-0.4, -0.2) is 75.8 Å². The minimum atomic E-state index is 0.534. The smallest absolute Gasteiger partial charge is 0.126 e. The van der Waals surface area contributed by atoms with Crippen LogP contribution in [-0.2, 0) is 6.42 Å². The van der Waals surface area contributed by atoms with Crippen molar-refractivity contribution in [1.29, 1.82) is 0 Å². The third-order valence-electron chi connectivity index (χ3n) is 9.35. The van der Waals surface area contributed by atoms with Gasteiger partial charge in [0.2, 0.25) is 0 Å². The summed E-state index contributed by atoms with van der Waals surface area (Å²) in [6, 6.07) is 9.98. The van der Waals surface area contributed by atoms with Crippen molar-refractivity contribution in [3.63, 3.8) is 0 Å². The number of hydrogen-bond acceptors (Lipinski definition) is 6. The van der Waals surface area contributed by atoms with Crippen LogP contribution >= 0.6 is 0 Å². The lowest BCUT2D eigenvalue weighted by molar-refractivity contribution is 0.313. The average Bonchev–Trinajstić information content (AvgIpc) is 2.95. The monoisotopic (exact) mass is 532 g/mol. The molecule has 0 amide bonds. The first-order valence-electron chi connectivity index (χ1n) is 15.8. The molecule has 0 unspecified atom stereocenters. The van der Waals surface area contributed by atoms with E-state index in [0.717, 1.165) is 44.5 Å². The number of pyridine rings is 1. The largest absolute Gasteiger partial charge is 0.374 e. The topological polar surface area (TPSA) is 37.9 Å². The summed E-state index contributed by atoms with van der Waals surface area (Å²) in [5.41, 5.74) is 7.22. The molecular weight excluding hydrogens is 480 g/mol. The molecule has 2 aromatic rings. The van der Waals surface area contributed by atoms with Crippen molar-refractivity contribution in [3.8, 4) is 0 Å². The average molecular weight is 533 g/mol. The second-order valence-corrected chi connectivity index (χ2v) is 12.5. The Bertz CT molecular complexity index is 1030. The van der Waals surface area contributed by atoms with Crippen LogP contribution < -0.4 is 20.0 Å². The Kier molecular flexibility index (Phi) is 9.54. The van der Waals surface area contributed by atoms with Crippen LogP contribution in [0.15, 0.2) is 30.5 Å². The van der Waals surface area contributed by atoms with Crippen LogP contribution in [0.4, 0.5) is 22.9 Å². The predicted octanol–water partition coefficient (Wildman–Crippen LogP) is 6.19. The zero-order chi connectivity index (χ0) is 27.2. The van der Waals surface area contributed by atoms with Gasteiger partial charge in [0.25, 0.3) is 0 Å². The number of aromatic nitrogens is 1. The van der Waals surface area contributed by atoms with Crippen molar-refractivity contribution in [3.05, 3.63) is 41.6 Å². The molecule has 1 aliphatic carbocycles. The lowest BCUT2D eigenvalue weighted by Crippen LogP contribution is -2.44. The zero-order valence-electron chi connectivity index (χ0n) is 25.1. The quantitative estimate of drug-likeness (QED) is 0.415. The molecule has 1 aromatic carbocycles. The summed E-state index contributed by atoms with van der Waals surface area (Å²) in [6.07, 6.45) is 13.5. The maximum atomic E-state index is 4.79. The molecule has 0 bridgehead atoms. The van der Waals surface area contributed by atoms with Gasteiger partial charge in [0.15, 0.2) is 0 Å². The molecule has 3 aliphatic rings. The van der Waals surface area contributed by atoms with Gasteiger partial charge in [-0.15, -0.1) is 0 Å². The molecule has 214 valence electrons. The van der Waals surface area contributed by atoms with Gasteiger partial charge in [-0.2, -0.15) is 0 Å². The van der Waals surface area contributed by atoms with E-state index in [0.29, 0.717) is 6.04 Å². The van der Waals surface area contributed by atoms with Crippen LogP contribution in [0.3, 0.4) is 0 Å². The Labute approximate surface area is 237 Å². The van der Waals surface area contributed by atoms with Crippen molar-refractivity contribution >= 4 is 22.9 Å². The molecule has 6 heteroatoms. The maximum absolute atomic E-state index is 4.79. The van der Waals surface area contributed by atoms with Gasteiger partial charge in [0.1, 0.15) is 5.82 Å². The van der Waals surface area contributed by atoms with E-state index in [1.165, 1.54) is 93.5 Å². The Morgan fingerprint density at radius 1 is 0.897 bits per heavy atom. The lowest BCUT2D eigenvalue weighted by atomic mass is 9.81. The van der Waals surface area contributed by atoms with E-state index in [4.69, 9.17) is 4.98 Å². The number of piperazine rings is 1. The van der Waals surface area contributed by atoms with Crippen molar-refractivity contribution in [2.24, 2.45) is 5.92 Å². The molecule has 0 radical (unpaired) electrons. The number of rotatable bonds is 9. The summed E-state index contributed by atoms with van der Waals surface area (Å²) < 4.78 is 0. The predicted molar refractivity (Wildman–Crippen MR) is 168 cm³/mol. The van der Waals surface area contributed by atoms with E-state index in [9.17, 15) is 0 Å². The molecule has 3 heterocycles. The fourth-order valence-corrected chi connectivity index (χ4v) is 7.07. The van der Waals surface area contributed by atoms with Gasteiger partial charge < -0.3 is 24.9 Å². The van der Waals surface area contributed by atoms with Gasteiger partial charge in [0.05, 0.1) is 11.9 Å². The highest BCUT2D eigenvalue weighted by atomic mass is 15.2. The van der Waals surface area contributed by atoms with Crippen molar-refractivity contribution in [2.45, 2.75) is 77.7 Å². The number of nitrogens with one attached hydrogen (secondary N) is 1. The summed E-state index contributed by atoms with van der Waals surface area (Å²) in [5.74, 6) is 1.80. The van der Waals surface area contributed by atoms with E-state index in [-0.39, 0.29) is 0 Å². The molecule has 0 atom stereocenters. The fourth-order valence-electron chi connectivity index (χ4n) is 7.07. The van der Waals surface area contributed by atoms with Crippen LogP contribution in [0.2, 0.25) is 0 Å². The number of aryl methyl sites for hydroxylation is 1. The first-order chi connectivity index (χ1) is 19.0. The molecule has 39 heavy (non-hydrogen) atoms. The van der Waals surface area contributed by atoms with Gasteiger partial charge in [0, 0.05) is 70.3 Å². The number of benzene rings is 1. The Morgan fingerprint density at radius 3 is 2.28 bits per heavy atom. The van der Waals surface area contributed by atoms with E-state index in [1.54, 1.807) is 5.56 Å². The molecule has 1 saturated carbocycles. The van der Waals surface area contributed by atoms with Gasteiger partial charge in [-0.3, -0.25) is 0 Å². The number of hydrogen-bond donors (Lipinski definition) is 1. The summed E-state index contributed by atoms with van der Waals surface area (Å²) in [6.45, 7) is 12.6. The van der Waals surface area contributed by atoms with E-state index < -0.39 is 0 Å². The highest BCUT2D eigenvalue weighted by Crippen LogP contribution is 2.36. The fraction of sp³-hybridized carbons (Fsp3) is 0.667. The first-order valence-corrected chi connectivity index (χ1v) is 15.8. The number of piperidine rings is 1. The normalized spacial score (nSPS) is 22.7. The van der Waals surface area contributed by atoms with Gasteiger partial charge in [-0.1, -0.05) is 6.92 Å². The highest BCUT2D eigenvalue weighted by molar-refractivity contribution is 5.67. The minimum absolute atomic E-state index is 0.534. The molecule has 1 aromatic heterocycles. The Hall–Kier alpha value is -2.47. The molecule has 5 rings (SSSR count). The third-order valence-corrected chi connectivity index (χ3v) is 9.35. The Balaban J connectivity index is 1.19. The van der Waals surface area contributed by atoms with Crippen molar-refractivity contribution in [1.82, 2.24) is 9.88 Å². The molecule has 2 saturated heterocycles. The second-order valence-electron chi connectivity index (χ2n) is 12.5. The summed E-state index contributed by atoms with van der Waals surface area (Å²) in [4.78, 5) is 14.8. The van der Waals surface area contributed by atoms with E-state index >= 15 is 0 Å². The lowest BCUT2D eigenvalue weighted by Gasteiger charge is -2.34. The Morgan fingerprint density at radius 2 is 1.62 bits per heavy atom. The molecular formula is C33H52N6. The molecule has 6 nitrogen and oxygen atoms in total. The van der Waals surface area contributed by atoms with E-state index in [1.807, 2.05) is 0 Å². The number of likely N-dealkylation sites (N-methyl/N-ethyl adjacent to an activating group) is 1. The van der Waals surface area contributed by atoms with Crippen LogP contribution in [0.1, 0.15) is 69.4 Å². The van der Waals surface area contributed by atoms with Gasteiger partial charge >= 0.3 is 0 Å². The van der Waals surface area contributed by atoms with Gasteiger partial charge in [-0.05, 0) is 113 Å². The standard InChI is InChI=1S/C33H52N6/c1-5-15-37(4)33-26(2)22-31(38-16-7-6-8-17-38)24-28(33)23-27-9-11-29(12-10-27)35-32-14-13-30(25-34-32)39-20-18-36(3)19-21-39/h13-14,22,24-25,27,29H,5-12,15-21,23H2,1-4H3,(H,34,35). The number of anilines is 4. The minimum Gasteiger partial charge on any atom is -0.374 e. The first kappa shape index (κ1) is 28.1. The SMILES string of the molecule is CCCN(C)c1c(C)cc(N2CCCCC2)cc1CC1CCC(Nc2ccc(N3CCN(C)CC3)cn2)CC1. The summed E-state index contributed by atoms with van der Waals surface area (Å²) in [5, 5.41) is 3.76. The van der Waals surface area contributed by atoms with E-state index in [2.05, 4.69) is 83.3 Å². The zero-order valence-corrected chi connectivity index (χ0v) is 25.1. The van der Waals surface area contributed by atoms with Crippen LogP contribution in [0.25, 0.3) is 0 Å². The molecule has 0 spiro atoms. The highest BCUT2D eigenvalue weighted by Gasteiger charge is 2.25. The summed E-state index contributed by atoms with van der Waals surface area (Å²) in [7, 11) is 4.49. The molecule has 1 N–H and O–H groups in total. The van der Waals surface area contributed by atoms with Crippen LogP contribution in [0.5, 0.6) is 0 Å². The van der Waals surface area contributed by atoms with Gasteiger partial charge in [-0.25, -0.2) is 4.98 Å². The molecule has 2 aliphatic heterocycles. The van der Waals surface area contributed by atoms with Crippen LogP contribution in [0, 0.1) is 12.8 Å². The summed E-state index contributed by atoms with van der Waals surface area (Å²) >= 11 is 0. The second kappa shape index (κ2) is 13.3. The third kappa shape index (κ3) is 7.19. The van der Waals surface area contributed by atoms with Crippen molar-refractivity contribution in [2.75, 3.05) is 79.9 Å². The van der Waals surface area contributed by atoms with Crippen molar-refractivity contribution < 1.29 is 0 Å².